The molecule has 0 fully saturated rings. The number of nitrogens with zero attached hydrogens (tertiary/aromatic N) is 2. The SMILES string of the molecule is COc1ccc(Br)cc1-c1nn(-c2ccc3c(c2)OCCO3)c2c1CCCCN2. The lowest BCUT2D eigenvalue weighted by Gasteiger charge is -2.19. The molecule has 7 heteroatoms. The molecule has 0 atom stereocenters. The van der Waals surface area contributed by atoms with E-state index in [0.29, 0.717) is 13.2 Å². The molecular weight excluding hydrogens is 434 g/mol. The average molecular weight is 456 g/mol. The number of ether oxygens (including phenoxy) is 3. The van der Waals surface area contributed by atoms with Crippen molar-refractivity contribution < 1.29 is 14.2 Å². The second-order valence-electron chi connectivity index (χ2n) is 7.14. The van der Waals surface area contributed by atoms with Crippen LogP contribution in [0, 0.1) is 0 Å². The van der Waals surface area contributed by atoms with Crippen molar-refractivity contribution in [2.75, 3.05) is 32.2 Å². The average Bonchev–Trinajstić information content (AvgIpc) is 2.94. The van der Waals surface area contributed by atoms with Gasteiger partial charge in [-0.25, -0.2) is 4.68 Å². The van der Waals surface area contributed by atoms with Gasteiger partial charge < -0.3 is 19.5 Å². The molecule has 0 amide bonds. The fourth-order valence-electron chi connectivity index (χ4n) is 3.93. The van der Waals surface area contributed by atoms with Crippen LogP contribution in [-0.4, -0.2) is 36.6 Å². The van der Waals surface area contributed by atoms with Gasteiger partial charge in [0.25, 0.3) is 0 Å². The zero-order valence-corrected chi connectivity index (χ0v) is 17.8. The molecule has 2 aliphatic rings. The fourth-order valence-corrected chi connectivity index (χ4v) is 4.30. The maximum Gasteiger partial charge on any atom is 0.163 e. The van der Waals surface area contributed by atoms with Crippen LogP contribution in [0.25, 0.3) is 16.9 Å². The van der Waals surface area contributed by atoms with Crippen LogP contribution in [0.5, 0.6) is 17.2 Å². The second kappa shape index (κ2) is 7.63. The van der Waals surface area contributed by atoms with Gasteiger partial charge in [0.1, 0.15) is 30.5 Å². The molecule has 29 heavy (non-hydrogen) atoms. The van der Waals surface area contributed by atoms with Gasteiger partial charge in [0.2, 0.25) is 0 Å². The molecule has 2 aliphatic heterocycles. The van der Waals surface area contributed by atoms with E-state index in [1.807, 2.05) is 35.0 Å². The summed E-state index contributed by atoms with van der Waals surface area (Å²) in [7, 11) is 1.70. The number of rotatable bonds is 3. The smallest absolute Gasteiger partial charge is 0.163 e. The van der Waals surface area contributed by atoms with Crippen LogP contribution in [-0.2, 0) is 6.42 Å². The van der Waals surface area contributed by atoms with Gasteiger partial charge in [-0.15, -0.1) is 0 Å². The van der Waals surface area contributed by atoms with Crippen molar-refractivity contribution in [2.24, 2.45) is 0 Å². The Morgan fingerprint density at radius 3 is 2.79 bits per heavy atom. The number of hydrogen-bond donors (Lipinski definition) is 1. The van der Waals surface area contributed by atoms with Gasteiger partial charge in [-0.2, -0.15) is 5.10 Å². The number of nitrogens with one attached hydrogen (secondary N) is 1. The minimum atomic E-state index is 0.562. The van der Waals surface area contributed by atoms with E-state index in [2.05, 4.69) is 27.3 Å². The van der Waals surface area contributed by atoms with Crippen molar-refractivity contribution in [3.63, 3.8) is 0 Å². The number of methoxy groups -OCH3 is 1. The summed E-state index contributed by atoms with van der Waals surface area (Å²) in [6.07, 6.45) is 3.22. The molecular formula is C22H22BrN3O3. The van der Waals surface area contributed by atoms with Crippen molar-refractivity contribution in [1.29, 1.82) is 0 Å². The van der Waals surface area contributed by atoms with Crippen molar-refractivity contribution in [1.82, 2.24) is 9.78 Å². The summed E-state index contributed by atoms with van der Waals surface area (Å²) in [5, 5.41) is 8.62. The first-order chi connectivity index (χ1) is 14.2. The largest absolute Gasteiger partial charge is 0.496 e. The number of aromatic nitrogens is 2. The fraction of sp³-hybridized carbons (Fsp3) is 0.318. The van der Waals surface area contributed by atoms with Crippen LogP contribution >= 0.6 is 15.9 Å². The van der Waals surface area contributed by atoms with Crippen LogP contribution < -0.4 is 19.5 Å². The molecule has 6 nitrogen and oxygen atoms in total. The Balaban J connectivity index is 1.69. The van der Waals surface area contributed by atoms with Gasteiger partial charge in [0.15, 0.2) is 11.5 Å². The highest BCUT2D eigenvalue weighted by Crippen LogP contribution is 2.40. The van der Waals surface area contributed by atoms with E-state index in [4.69, 9.17) is 19.3 Å². The Bertz CT molecular complexity index is 1060. The summed E-state index contributed by atoms with van der Waals surface area (Å²) >= 11 is 3.59. The van der Waals surface area contributed by atoms with E-state index >= 15 is 0 Å². The van der Waals surface area contributed by atoms with Gasteiger partial charge in [-0.1, -0.05) is 15.9 Å². The van der Waals surface area contributed by atoms with Gasteiger partial charge in [0.05, 0.1) is 12.8 Å². The summed E-state index contributed by atoms with van der Waals surface area (Å²) in [5.41, 5.74) is 4.09. The first-order valence-corrected chi connectivity index (χ1v) is 10.6. The highest BCUT2D eigenvalue weighted by Gasteiger charge is 2.24. The predicted molar refractivity (Wildman–Crippen MR) is 116 cm³/mol. The van der Waals surface area contributed by atoms with Crippen LogP contribution in [0.1, 0.15) is 18.4 Å². The Labute approximate surface area is 177 Å². The van der Waals surface area contributed by atoms with Crippen molar-refractivity contribution >= 4 is 21.7 Å². The first-order valence-electron chi connectivity index (χ1n) is 9.84. The summed E-state index contributed by atoms with van der Waals surface area (Å²) < 4.78 is 20.1. The van der Waals surface area contributed by atoms with Crippen molar-refractivity contribution in [3.05, 3.63) is 46.4 Å². The molecule has 0 saturated carbocycles. The number of fused-ring (bicyclic) bond motifs is 2. The molecule has 0 spiro atoms. The van der Waals surface area contributed by atoms with Crippen molar-refractivity contribution in [3.8, 4) is 34.2 Å². The Morgan fingerprint density at radius 1 is 1.07 bits per heavy atom. The van der Waals surface area contributed by atoms with Gasteiger partial charge >= 0.3 is 0 Å². The molecule has 2 aromatic carbocycles. The number of anilines is 1. The lowest BCUT2D eigenvalue weighted by Crippen LogP contribution is -2.15. The lowest BCUT2D eigenvalue weighted by molar-refractivity contribution is 0.171. The van der Waals surface area contributed by atoms with E-state index in [-0.39, 0.29) is 0 Å². The Kier molecular flexibility index (Phi) is 4.83. The standard InChI is InChI=1S/C22H22BrN3O3/c1-27-18-7-5-14(23)12-17(18)21-16-4-2-3-9-24-22(16)26(25-21)15-6-8-19-20(13-15)29-11-10-28-19/h5-8,12-13,24H,2-4,9-11H2,1H3. The summed E-state index contributed by atoms with van der Waals surface area (Å²) in [6.45, 7) is 2.07. The lowest BCUT2D eigenvalue weighted by atomic mass is 10.0. The molecule has 1 aromatic heterocycles. The van der Waals surface area contributed by atoms with E-state index in [1.165, 1.54) is 5.56 Å². The summed E-state index contributed by atoms with van der Waals surface area (Å²) in [6, 6.07) is 12.0. The van der Waals surface area contributed by atoms with Crippen LogP contribution in [0.4, 0.5) is 5.82 Å². The summed E-state index contributed by atoms with van der Waals surface area (Å²) in [4.78, 5) is 0. The zero-order valence-electron chi connectivity index (χ0n) is 16.2. The molecule has 150 valence electrons. The summed E-state index contributed by atoms with van der Waals surface area (Å²) in [5.74, 6) is 3.39. The normalized spacial score (nSPS) is 15.2. The third-order valence-electron chi connectivity index (χ3n) is 5.32. The minimum absolute atomic E-state index is 0.562. The molecule has 0 unspecified atom stereocenters. The Hall–Kier alpha value is -2.67. The van der Waals surface area contributed by atoms with Crippen LogP contribution in [0.2, 0.25) is 0 Å². The van der Waals surface area contributed by atoms with Gasteiger partial charge in [-0.3, -0.25) is 0 Å². The van der Waals surface area contributed by atoms with Crippen LogP contribution in [0.15, 0.2) is 40.9 Å². The second-order valence-corrected chi connectivity index (χ2v) is 8.06. The third-order valence-corrected chi connectivity index (χ3v) is 5.81. The number of benzene rings is 2. The molecule has 0 radical (unpaired) electrons. The maximum absolute atomic E-state index is 5.79. The molecule has 3 heterocycles. The predicted octanol–water partition coefficient (Wildman–Crippen LogP) is 4.83. The molecule has 1 N–H and O–H groups in total. The van der Waals surface area contributed by atoms with Gasteiger partial charge in [0, 0.05) is 28.2 Å². The number of halogens is 1. The number of hydrogen-bond acceptors (Lipinski definition) is 5. The van der Waals surface area contributed by atoms with E-state index in [0.717, 1.165) is 70.3 Å². The monoisotopic (exact) mass is 455 g/mol. The van der Waals surface area contributed by atoms with E-state index in [9.17, 15) is 0 Å². The third kappa shape index (κ3) is 3.33. The molecule has 0 saturated heterocycles. The topological polar surface area (TPSA) is 57.5 Å². The molecule has 3 aromatic rings. The molecule has 0 bridgehead atoms. The first kappa shape index (κ1) is 18.4. The zero-order chi connectivity index (χ0) is 19.8. The molecule has 0 aliphatic carbocycles. The van der Waals surface area contributed by atoms with E-state index in [1.54, 1.807) is 7.11 Å². The highest BCUT2D eigenvalue weighted by atomic mass is 79.9. The quantitative estimate of drug-likeness (QED) is 0.612. The van der Waals surface area contributed by atoms with E-state index < -0.39 is 0 Å². The van der Waals surface area contributed by atoms with Crippen LogP contribution in [0.3, 0.4) is 0 Å². The van der Waals surface area contributed by atoms with Crippen molar-refractivity contribution in [2.45, 2.75) is 19.3 Å². The highest BCUT2D eigenvalue weighted by molar-refractivity contribution is 9.10. The Morgan fingerprint density at radius 2 is 1.93 bits per heavy atom. The van der Waals surface area contributed by atoms with Gasteiger partial charge in [-0.05, 0) is 49.6 Å². The maximum atomic E-state index is 5.79. The molecule has 5 rings (SSSR count). The minimum Gasteiger partial charge on any atom is -0.496 e.